The summed E-state index contributed by atoms with van der Waals surface area (Å²) in [4.78, 5) is 50.5. The van der Waals surface area contributed by atoms with Crippen molar-refractivity contribution in [2.24, 2.45) is 27.1 Å². The standard InChI is InChI=1S/C25H48N4O4/c1-21(2,3)17(30)26-13-25(14-27-18(31)22(4,5)6,15-28-19(32)23(7,8)9)16-29-20(33)24(10,11)12/h13-16H2,1-12H3,(H,26,30)(H,27,31)(H,28,32)(H,29,33). The van der Waals surface area contributed by atoms with Crippen molar-refractivity contribution in [1.82, 2.24) is 21.3 Å². The Kier molecular flexibility index (Phi) is 10.2. The fourth-order valence-corrected chi connectivity index (χ4v) is 2.51. The number of rotatable bonds is 8. The highest BCUT2D eigenvalue weighted by molar-refractivity contribution is 5.83. The molecule has 0 aliphatic rings. The van der Waals surface area contributed by atoms with Crippen LogP contribution in [0.2, 0.25) is 0 Å². The third-order valence-electron chi connectivity index (χ3n) is 5.22. The molecule has 0 spiro atoms. The van der Waals surface area contributed by atoms with Crippen molar-refractivity contribution < 1.29 is 19.2 Å². The molecule has 0 bridgehead atoms. The summed E-state index contributed by atoms with van der Waals surface area (Å²) in [6.45, 7) is 22.4. The molecule has 0 aliphatic carbocycles. The lowest BCUT2D eigenvalue weighted by molar-refractivity contribution is -0.130. The molecule has 0 atom stereocenters. The molecule has 33 heavy (non-hydrogen) atoms. The van der Waals surface area contributed by atoms with E-state index in [9.17, 15) is 19.2 Å². The van der Waals surface area contributed by atoms with Gasteiger partial charge in [0.25, 0.3) is 0 Å². The first-order chi connectivity index (χ1) is 14.5. The molecule has 192 valence electrons. The SMILES string of the molecule is CC(C)(C)C(=O)NCC(CNC(=O)C(C)(C)C)(CNC(=O)C(C)(C)C)CNC(=O)C(C)(C)C. The number of carbonyl (C=O) groups is 4. The van der Waals surface area contributed by atoms with Crippen LogP contribution in [0.25, 0.3) is 0 Å². The lowest BCUT2D eigenvalue weighted by atomic mass is 9.84. The van der Waals surface area contributed by atoms with Gasteiger partial charge in [0.05, 0.1) is 0 Å². The average molecular weight is 469 g/mol. The van der Waals surface area contributed by atoms with Crippen LogP contribution >= 0.6 is 0 Å². The van der Waals surface area contributed by atoms with Gasteiger partial charge >= 0.3 is 0 Å². The number of hydrogen-bond donors (Lipinski definition) is 4. The molecule has 0 rings (SSSR count). The Morgan fingerprint density at radius 1 is 0.394 bits per heavy atom. The second-order valence-corrected chi connectivity index (χ2v) is 13.2. The Morgan fingerprint density at radius 3 is 0.667 bits per heavy atom. The van der Waals surface area contributed by atoms with Crippen molar-refractivity contribution in [3.63, 3.8) is 0 Å². The van der Waals surface area contributed by atoms with Crippen LogP contribution in [0, 0.1) is 27.1 Å². The fourth-order valence-electron chi connectivity index (χ4n) is 2.51. The molecular weight excluding hydrogens is 420 g/mol. The molecule has 4 amide bonds. The molecule has 0 fully saturated rings. The van der Waals surface area contributed by atoms with Gasteiger partial charge in [0.15, 0.2) is 0 Å². The van der Waals surface area contributed by atoms with Crippen LogP contribution in [0.1, 0.15) is 83.1 Å². The summed E-state index contributed by atoms with van der Waals surface area (Å²) < 4.78 is 0. The van der Waals surface area contributed by atoms with E-state index >= 15 is 0 Å². The van der Waals surface area contributed by atoms with Crippen LogP contribution in [0.4, 0.5) is 0 Å². The minimum absolute atomic E-state index is 0.154. The van der Waals surface area contributed by atoms with Gasteiger partial charge in [-0.05, 0) is 0 Å². The Labute approximate surface area is 200 Å². The Balaban J connectivity index is 6.00. The number of carbonyl (C=O) groups excluding carboxylic acids is 4. The molecule has 0 aromatic heterocycles. The van der Waals surface area contributed by atoms with E-state index in [1.165, 1.54) is 0 Å². The third kappa shape index (κ3) is 11.0. The van der Waals surface area contributed by atoms with Crippen LogP contribution in [0.5, 0.6) is 0 Å². The van der Waals surface area contributed by atoms with Crippen molar-refractivity contribution in [3.8, 4) is 0 Å². The Hall–Kier alpha value is -2.12. The zero-order chi connectivity index (χ0) is 26.5. The molecule has 8 heteroatoms. The van der Waals surface area contributed by atoms with Gasteiger partial charge in [-0.25, -0.2) is 0 Å². The van der Waals surface area contributed by atoms with Gasteiger partial charge in [-0.2, -0.15) is 0 Å². The monoisotopic (exact) mass is 468 g/mol. The molecule has 0 unspecified atom stereocenters. The van der Waals surface area contributed by atoms with E-state index in [1.807, 2.05) is 83.1 Å². The highest BCUT2D eigenvalue weighted by Crippen LogP contribution is 2.21. The van der Waals surface area contributed by atoms with Crippen molar-refractivity contribution in [1.29, 1.82) is 0 Å². The van der Waals surface area contributed by atoms with Crippen molar-refractivity contribution in [2.75, 3.05) is 26.2 Å². The highest BCUT2D eigenvalue weighted by atomic mass is 16.2. The normalized spacial score (nSPS) is 13.2. The molecule has 4 N–H and O–H groups in total. The Bertz CT molecular complexity index is 591. The molecule has 0 radical (unpaired) electrons. The summed E-state index contributed by atoms with van der Waals surface area (Å²) in [5.74, 6) is -0.617. The van der Waals surface area contributed by atoms with Crippen LogP contribution in [0.3, 0.4) is 0 Å². The van der Waals surface area contributed by atoms with E-state index in [0.29, 0.717) is 0 Å². The van der Waals surface area contributed by atoms with E-state index in [2.05, 4.69) is 21.3 Å². The third-order valence-corrected chi connectivity index (χ3v) is 5.22. The molecule has 0 aliphatic heterocycles. The first-order valence-electron chi connectivity index (χ1n) is 11.6. The van der Waals surface area contributed by atoms with Gasteiger partial charge in [0.2, 0.25) is 23.6 Å². The molecule has 0 aromatic carbocycles. The second kappa shape index (κ2) is 10.9. The molecule has 8 nitrogen and oxygen atoms in total. The predicted octanol–water partition coefficient (Wildman–Crippen LogP) is 2.62. The Morgan fingerprint density at radius 2 is 0.545 bits per heavy atom. The van der Waals surface area contributed by atoms with Gasteiger partial charge in [-0.1, -0.05) is 83.1 Å². The minimum atomic E-state index is -0.830. The summed E-state index contributed by atoms with van der Waals surface area (Å²) in [7, 11) is 0. The molecule has 0 heterocycles. The number of hydrogen-bond acceptors (Lipinski definition) is 4. The average Bonchev–Trinajstić information content (AvgIpc) is 2.62. The molecule has 0 saturated heterocycles. The smallest absolute Gasteiger partial charge is 0.225 e. The molecule has 0 aromatic rings. The topological polar surface area (TPSA) is 116 Å². The maximum absolute atomic E-state index is 12.6. The first kappa shape index (κ1) is 30.9. The van der Waals surface area contributed by atoms with Crippen molar-refractivity contribution in [2.45, 2.75) is 83.1 Å². The lowest BCUT2D eigenvalue weighted by Crippen LogP contribution is -2.59. The fraction of sp³-hybridized carbons (Fsp3) is 0.840. The van der Waals surface area contributed by atoms with Crippen LogP contribution in [0.15, 0.2) is 0 Å². The maximum atomic E-state index is 12.6. The highest BCUT2D eigenvalue weighted by Gasteiger charge is 2.37. The second-order valence-electron chi connectivity index (χ2n) is 13.2. The van der Waals surface area contributed by atoms with Gasteiger partial charge in [0, 0.05) is 53.3 Å². The molecular formula is C25H48N4O4. The zero-order valence-electron chi connectivity index (χ0n) is 23.0. The van der Waals surface area contributed by atoms with E-state index in [0.717, 1.165) is 0 Å². The summed E-state index contributed by atoms with van der Waals surface area (Å²) in [6, 6.07) is 0. The zero-order valence-corrected chi connectivity index (χ0v) is 23.0. The van der Waals surface area contributed by atoms with Gasteiger partial charge in [-0.15, -0.1) is 0 Å². The minimum Gasteiger partial charge on any atom is -0.355 e. The summed E-state index contributed by atoms with van der Waals surface area (Å²) in [5, 5.41) is 11.8. The quantitative estimate of drug-likeness (QED) is 0.438. The van der Waals surface area contributed by atoms with E-state index in [1.54, 1.807) is 0 Å². The maximum Gasteiger partial charge on any atom is 0.225 e. The molecule has 0 saturated carbocycles. The number of nitrogens with one attached hydrogen (secondary N) is 4. The van der Waals surface area contributed by atoms with Crippen molar-refractivity contribution in [3.05, 3.63) is 0 Å². The largest absolute Gasteiger partial charge is 0.355 e. The van der Waals surface area contributed by atoms with E-state index in [4.69, 9.17) is 0 Å². The van der Waals surface area contributed by atoms with Crippen LogP contribution < -0.4 is 21.3 Å². The summed E-state index contributed by atoms with van der Waals surface area (Å²) in [5.41, 5.74) is -3.26. The van der Waals surface area contributed by atoms with Crippen LogP contribution in [-0.4, -0.2) is 49.8 Å². The van der Waals surface area contributed by atoms with Gasteiger partial charge in [-0.3, -0.25) is 19.2 Å². The van der Waals surface area contributed by atoms with Crippen molar-refractivity contribution >= 4 is 23.6 Å². The van der Waals surface area contributed by atoms with Gasteiger partial charge < -0.3 is 21.3 Å². The predicted molar refractivity (Wildman–Crippen MR) is 132 cm³/mol. The first-order valence-corrected chi connectivity index (χ1v) is 11.6. The lowest BCUT2D eigenvalue weighted by Gasteiger charge is -2.37. The summed E-state index contributed by atoms with van der Waals surface area (Å²) in [6.07, 6.45) is 0. The number of amides is 4. The summed E-state index contributed by atoms with van der Waals surface area (Å²) >= 11 is 0. The van der Waals surface area contributed by atoms with E-state index in [-0.39, 0.29) is 49.8 Å². The van der Waals surface area contributed by atoms with Gasteiger partial charge in [0.1, 0.15) is 0 Å². The van der Waals surface area contributed by atoms with E-state index < -0.39 is 27.1 Å². The van der Waals surface area contributed by atoms with Crippen LogP contribution in [-0.2, 0) is 19.2 Å².